The van der Waals surface area contributed by atoms with Crippen molar-refractivity contribution in [2.24, 2.45) is 0 Å². The van der Waals surface area contributed by atoms with Crippen molar-refractivity contribution >= 4 is 36.7 Å². The van der Waals surface area contributed by atoms with Gasteiger partial charge in [-0.2, -0.15) is 13.2 Å². The van der Waals surface area contributed by atoms with Crippen LogP contribution in [0.2, 0.25) is 0 Å². The lowest BCUT2D eigenvalue weighted by atomic mass is 10.2. The van der Waals surface area contributed by atoms with Crippen molar-refractivity contribution in [2.75, 3.05) is 11.8 Å². The largest absolute Gasteiger partial charge is 0.494 e. The molecule has 5 nitrogen and oxygen atoms in total. The Morgan fingerprint density at radius 2 is 1.80 bits per heavy atom. The second kappa shape index (κ2) is 6.19. The molecule has 132 valence electrons. The van der Waals surface area contributed by atoms with E-state index in [0.717, 1.165) is 35.6 Å². The molecule has 0 aliphatic carbocycles. The Morgan fingerprint density at radius 3 is 2.40 bits per heavy atom. The molecular formula is C15H11F3N2O3S2. The summed E-state index contributed by atoms with van der Waals surface area (Å²) >= 11 is 1.09. The van der Waals surface area contributed by atoms with Crippen LogP contribution >= 0.6 is 11.3 Å². The second-order valence-electron chi connectivity index (χ2n) is 4.95. The third-order valence-corrected chi connectivity index (χ3v) is 5.74. The number of nitrogens with one attached hydrogen (secondary N) is 1. The van der Waals surface area contributed by atoms with Crippen molar-refractivity contribution in [3.05, 3.63) is 48.0 Å². The molecule has 0 fully saturated rings. The van der Waals surface area contributed by atoms with E-state index in [1.165, 1.54) is 7.11 Å². The second-order valence-corrected chi connectivity index (χ2v) is 7.67. The number of rotatable bonds is 4. The minimum absolute atomic E-state index is 0.0967. The molecule has 0 spiro atoms. The van der Waals surface area contributed by atoms with E-state index < -0.39 is 21.8 Å². The van der Waals surface area contributed by atoms with Crippen LogP contribution in [0.5, 0.6) is 5.75 Å². The quantitative estimate of drug-likeness (QED) is 0.730. The number of hydrogen-bond acceptors (Lipinski definition) is 5. The number of anilines is 1. The standard InChI is InChI=1S/C15H11F3N2O3S2/c1-23-11-3-2-4-12-13(11)19-14(24-12)20-25(21,22)10-7-5-9(6-8-10)15(16,17)18/h2-8H,1H3,(H,19,20). The molecule has 25 heavy (non-hydrogen) atoms. The molecule has 2 aromatic carbocycles. The normalized spacial score (nSPS) is 12.3. The summed E-state index contributed by atoms with van der Waals surface area (Å²) in [6.45, 7) is 0. The molecule has 0 amide bonds. The summed E-state index contributed by atoms with van der Waals surface area (Å²) in [5, 5.41) is 0.0967. The van der Waals surface area contributed by atoms with E-state index in [2.05, 4.69) is 9.71 Å². The summed E-state index contributed by atoms with van der Waals surface area (Å²) in [6, 6.07) is 8.43. The molecule has 3 aromatic rings. The molecule has 3 rings (SSSR count). The SMILES string of the molecule is COc1cccc2sc(NS(=O)(=O)c3ccc(C(F)(F)F)cc3)nc12. The number of sulfonamides is 1. The molecule has 0 atom stereocenters. The Hall–Kier alpha value is -2.33. The summed E-state index contributed by atoms with van der Waals surface area (Å²) in [6.07, 6.45) is -4.53. The van der Waals surface area contributed by atoms with E-state index in [9.17, 15) is 21.6 Å². The first-order valence-corrected chi connectivity index (χ1v) is 9.14. The molecule has 0 radical (unpaired) electrons. The molecule has 1 heterocycles. The van der Waals surface area contributed by atoms with E-state index in [4.69, 9.17) is 4.74 Å². The van der Waals surface area contributed by atoms with E-state index in [1.54, 1.807) is 18.2 Å². The maximum atomic E-state index is 12.6. The summed E-state index contributed by atoms with van der Waals surface area (Å²) in [5.41, 5.74) is -0.420. The summed E-state index contributed by atoms with van der Waals surface area (Å²) in [7, 11) is -2.58. The van der Waals surface area contributed by atoms with Gasteiger partial charge in [-0.05, 0) is 36.4 Å². The Morgan fingerprint density at radius 1 is 1.12 bits per heavy atom. The molecule has 0 unspecified atom stereocenters. The Bertz CT molecular complexity index is 1010. The van der Waals surface area contributed by atoms with Crippen molar-refractivity contribution in [3.63, 3.8) is 0 Å². The van der Waals surface area contributed by atoms with Gasteiger partial charge >= 0.3 is 6.18 Å². The first-order chi connectivity index (χ1) is 11.7. The number of ether oxygens (including phenoxy) is 1. The number of halogens is 3. The fraction of sp³-hybridized carbons (Fsp3) is 0.133. The number of fused-ring (bicyclic) bond motifs is 1. The summed E-state index contributed by atoms with van der Waals surface area (Å²) in [5.74, 6) is 0.494. The molecule has 1 N–H and O–H groups in total. The minimum atomic E-state index is -4.53. The Balaban J connectivity index is 1.91. The van der Waals surface area contributed by atoms with Crippen molar-refractivity contribution in [2.45, 2.75) is 11.1 Å². The van der Waals surface area contributed by atoms with Gasteiger partial charge in [-0.15, -0.1) is 0 Å². The summed E-state index contributed by atoms with van der Waals surface area (Å²) < 4.78 is 70.5. The molecule has 0 aliphatic heterocycles. The third kappa shape index (κ3) is 3.54. The van der Waals surface area contributed by atoms with Gasteiger partial charge in [-0.1, -0.05) is 17.4 Å². The van der Waals surface area contributed by atoms with Crippen LogP contribution in [0.1, 0.15) is 5.56 Å². The zero-order valence-electron chi connectivity index (χ0n) is 12.7. The van der Waals surface area contributed by atoms with Gasteiger partial charge in [0.15, 0.2) is 5.13 Å². The van der Waals surface area contributed by atoms with Gasteiger partial charge < -0.3 is 4.74 Å². The van der Waals surface area contributed by atoms with Gasteiger partial charge in [0.2, 0.25) is 0 Å². The number of thiazole rings is 1. The number of aromatic nitrogens is 1. The molecule has 0 saturated heterocycles. The van der Waals surface area contributed by atoms with Crippen molar-refractivity contribution in [1.82, 2.24) is 4.98 Å². The lowest BCUT2D eigenvalue weighted by molar-refractivity contribution is -0.137. The Kier molecular flexibility index (Phi) is 4.33. The van der Waals surface area contributed by atoms with Crippen LogP contribution in [0.25, 0.3) is 10.2 Å². The lowest BCUT2D eigenvalue weighted by Crippen LogP contribution is -2.13. The highest BCUT2D eigenvalue weighted by atomic mass is 32.2. The minimum Gasteiger partial charge on any atom is -0.494 e. The monoisotopic (exact) mass is 388 g/mol. The highest BCUT2D eigenvalue weighted by Gasteiger charge is 2.30. The smallest absolute Gasteiger partial charge is 0.416 e. The summed E-state index contributed by atoms with van der Waals surface area (Å²) in [4.78, 5) is 3.89. The van der Waals surface area contributed by atoms with Crippen LogP contribution in [0.3, 0.4) is 0 Å². The highest BCUT2D eigenvalue weighted by Crippen LogP contribution is 2.33. The Labute approximate surface area is 145 Å². The third-order valence-electron chi connectivity index (χ3n) is 3.32. The number of benzene rings is 2. The molecule has 0 bridgehead atoms. The molecule has 0 aliphatic rings. The van der Waals surface area contributed by atoms with E-state index in [-0.39, 0.29) is 10.0 Å². The van der Waals surface area contributed by atoms with Crippen LogP contribution in [0.4, 0.5) is 18.3 Å². The fourth-order valence-corrected chi connectivity index (χ4v) is 4.25. The first kappa shape index (κ1) is 17.5. The molecule has 1 aromatic heterocycles. The topological polar surface area (TPSA) is 68.3 Å². The number of nitrogens with zero attached hydrogens (tertiary/aromatic N) is 1. The first-order valence-electron chi connectivity index (χ1n) is 6.84. The predicted octanol–water partition coefficient (Wildman–Crippen LogP) is 4.12. The number of alkyl halides is 3. The van der Waals surface area contributed by atoms with Gasteiger partial charge in [0.05, 0.1) is 22.3 Å². The highest BCUT2D eigenvalue weighted by molar-refractivity contribution is 7.93. The van der Waals surface area contributed by atoms with Gasteiger partial charge in [0.1, 0.15) is 11.3 Å². The van der Waals surface area contributed by atoms with Crippen LogP contribution in [0.15, 0.2) is 47.4 Å². The average Bonchev–Trinajstić information content (AvgIpc) is 2.95. The lowest BCUT2D eigenvalue weighted by Gasteiger charge is -2.08. The average molecular weight is 388 g/mol. The van der Waals surface area contributed by atoms with E-state index in [1.807, 2.05) is 0 Å². The van der Waals surface area contributed by atoms with Gasteiger partial charge in [-0.25, -0.2) is 13.4 Å². The van der Waals surface area contributed by atoms with Gasteiger partial charge in [0.25, 0.3) is 10.0 Å². The fourth-order valence-electron chi connectivity index (χ4n) is 2.13. The maximum Gasteiger partial charge on any atom is 0.416 e. The predicted molar refractivity (Wildman–Crippen MR) is 88.4 cm³/mol. The van der Waals surface area contributed by atoms with Gasteiger partial charge in [-0.3, -0.25) is 4.72 Å². The zero-order valence-corrected chi connectivity index (χ0v) is 14.3. The molecule has 10 heteroatoms. The number of para-hydroxylation sites is 1. The van der Waals surface area contributed by atoms with Crippen molar-refractivity contribution < 1.29 is 26.3 Å². The number of hydrogen-bond donors (Lipinski definition) is 1. The number of methoxy groups -OCH3 is 1. The van der Waals surface area contributed by atoms with Crippen LogP contribution in [-0.2, 0) is 16.2 Å². The zero-order chi connectivity index (χ0) is 18.2. The van der Waals surface area contributed by atoms with Crippen LogP contribution < -0.4 is 9.46 Å². The van der Waals surface area contributed by atoms with Crippen molar-refractivity contribution in [3.8, 4) is 5.75 Å². The molecule has 0 saturated carbocycles. The van der Waals surface area contributed by atoms with Crippen LogP contribution in [-0.4, -0.2) is 20.5 Å². The van der Waals surface area contributed by atoms with E-state index >= 15 is 0 Å². The van der Waals surface area contributed by atoms with E-state index in [0.29, 0.717) is 16.0 Å². The molecular weight excluding hydrogens is 377 g/mol. The van der Waals surface area contributed by atoms with Gasteiger partial charge in [0, 0.05) is 0 Å². The van der Waals surface area contributed by atoms with Crippen molar-refractivity contribution in [1.29, 1.82) is 0 Å². The van der Waals surface area contributed by atoms with Crippen LogP contribution in [0, 0.1) is 0 Å². The maximum absolute atomic E-state index is 12.6.